The van der Waals surface area contributed by atoms with Gasteiger partial charge in [-0.05, 0) is 62.1 Å². The van der Waals surface area contributed by atoms with Crippen LogP contribution in [0, 0.1) is 0 Å². The fraction of sp³-hybridized carbons (Fsp3) is 0.0938. The molecule has 1 amide bonds. The number of anilines is 3. The van der Waals surface area contributed by atoms with E-state index in [1.54, 1.807) is 0 Å². The van der Waals surface area contributed by atoms with Gasteiger partial charge in [-0.3, -0.25) is 4.79 Å². The monoisotopic (exact) mass is 513 g/mol. The predicted molar refractivity (Wildman–Crippen MR) is 156 cm³/mol. The lowest BCUT2D eigenvalue weighted by atomic mass is 10.1. The molecule has 2 heterocycles. The zero-order valence-electron chi connectivity index (χ0n) is 21.7. The van der Waals surface area contributed by atoms with E-state index in [1.165, 1.54) is 6.33 Å². The summed E-state index contributed by atoms with van der Waals surface area (Å²) in [7, 11) is 4.04. The molecule has 39 heavy (non-hydrogen) atoms. The summed E-state index contributed by atoms with van der Waals surface area (Å²) in [6.45, 7) is 0.827. The van der Waals surface area contributed by atoms with Crippen molar-refractivity contribution in [3.63, 3.8) is 0 Å². The zero-order chi connectivity index (χ0) is 26.8. The van der Waals surface area contributed by atoms with Crippen LogP contribution in [-0.2, 0) is 6.54 Å². The second-order valence-electron chi connectivity index (χ2n) is 9.66. The van der Waals surface area contributed by atoms with Crippen molar-refractivity contribution in [2.24, 2.45) is 0 Å². The van der Waals surface area contributed by atoms with Crippen LogP contribution in [0.4, 0.5) is 17.2 Å². The average molecular weight is 514 g/mol. The number of hydrogen-bond donors (Lipinski definition) is 2. The van der Waals surface area contributed by atoms with Gasteiger partial charge >= 0.3 is 0 Å². The van der Waals surface area contributed by atoms with E-state index in [4.69, 9.17) is 4.42 Å². The van der Waals surface area contributed by atoms with Crippen molar-refractivity contribution in [3.05, 3.63) is 115 Å². The van der Waals surface area contributed by atoms with Gasteiger partial charge in [0, 0.05) is 45.9 Å². The highest BCUT2D eigenvalue weighted by Crippen LogP contribution is 2.35. The highest BCUT2D eigenvalue weighted by Gasteiger charge is 2.13. The number of carbonyl (C=O) groups is 1. The van der Waals surface area contributed by atoms with Crippen molar-refractivity contribution in [2.45, 2.75) is 6.54 Å². The van der Waals surface area contributed by atoms with E-state index >= 15 is 0 Å². The second-order valence-corrected chi connectivity index (χ2v) is 9.66. The van der Waals surface area contributed by atoms with Crippen LogP contribution < -0.4 is 10.6 Å². The number of aromatic nitrogens is 2. The Balaban J connectivity index is 1.21. The van der Waals surface area contributed by atoms with E-state index in [-0.39, 0.29) is 5.91 Å². The van der Waals surface area contributed by atoms with E-state index in [0.29, 0.717) is 17.1 Å². The van der Waals surface area contributed by atoms with Gasteiger partial charge in [0.05, 0.1) is 5.69 Å². The molecule has 192 valence electrons. The maximum absolute atomic E-state index is 12.8. The number of furan rings is 1. The molecular weight excluding hydrogens is 486 g/mol. The van der Waals surface area contributed by atoms with Gasteiger partial charge in [0.15, 0.2) is 0 Å². The molecule has 7 nitrogen and oxygen atoms in total. The molecule has 4 aromatic carbocycles. The Morgan fingerprint density at radius 1 is 0.821 bits per heavy atom. The summed E-state index contributed by atoms with van der Waals surface area (Å²) >= 11 is 0. The molecule has 0 bridgehead atoms. The van der Waals surface area contributed by atoms with E-state index in [0.717, 1.165) is 51.0 Å². The molecule has 0 atom stereocenters. The molecule has 6 rings (SSSR count). The summed E-state index contributed by atoms with van der Waals surface area (Å²) in [5.41, 5.74) is 6.52. The third-order valence-electron chi connectivity index (χ3n) is 6.46. The first-order valence-electron chi connectivity index (χ1n) is 12.7. The lowest BCUT2D eigenvalue weighted by Gasteiger charge is -2.11. The third kappa shape index (κ3) is 5.21. The first-order valence-corrected chi connectivity index (χ1v) is 12.7. The minimum absolute atomic E-state index is 0.160. The molecule has 0 fully saturated rings. The van der Waals surface area contributed by atoms with Crippen LogP contribution in [-0.4, -0.2) is 34.9 Å². The molecule has 2 aromatic heterocycles. The van der Waals surface area contributed by atoms with Crippen molar-refractivity contribution < 1.29 is 9.21 Å². The van der Waals surface area contributed by atoms with Crippen LogP contribution in [0.2, 0.25) is 0 Å². The zero-order valence-corrected chi connectivity index (χ0v) is 21.7. The van der Waals surface area contributed by atoms with Gasteiger partial charge in [0.25, 0.3) is 5.91 Å². The van der Waals surface area contributed by atoms with Crippen molar-refractivity contribution in [1.29, 1.82) is 0 Å². The normalized spacial score (nSPS) is 11.3. The standard InChI is InChI=1S/C32H27N5O2/c1-37(2)19-21-13-15-22(16-14-21)32(38)36-24-8-5-7-23(17-24)35-30-18-28(33-20-34-30)27-11-6-10-26-25-9-3-4-12-29(25)39-31(26)27/h3-18,20H,19H2,1-2H3,(H,36,38)(H,33,34,35). The summed E-state index contributed by atoms with van der Waals surface area (Å²) in [5.74, 6) is 0.472. The minimum atomic E-state index is -0.160. The van der Waals surface area contributed by atoms with Crippen LogP contribution in [0.25, 0.3) is 33.2 Å². The quantitative estimate of drug-likeness (QED) is 0.237. The Morgan fingerprint density at radius 2 is 1.59 bits per heavy atom. The van der Waals surface area contributed by atoms with Crippen LogP contribution in [0.3, 0.4) is 0 Å². The van der Waals surface area contributed by atoms with Crippen molar-refractivity contribution in [3.8, 4) is 11.3 Å². The van der Waals surface area contributed by atoms with Crippen LogP contribution in [0.5, 0.6) is 0 Å². The maximum Gasteiger partial charge on any atom is 0.255 e. The van der Waals surface area contributed by atoms with Gasteiger partial charge in [0.2, 0.25) is 0 Å². The Morgan fingerprint density at radius 3 is 2.44 bits per heavy atom. The second kappa shape index (κ2) is 10.4. The van der Waals surface area contributed by atoms with Crippen LogP contribution in [0.15, 0.2) is 108 Å². The molecule has 0 spiro atoms. The molecule has 6 aromatic rings. The summed E-state index contributed by atoms with van der Waals surface area (Å²) in [6, 6.07) is 31.2. The SMILES string of the molecule is CN(C)Cc1ccc(C(=O)Nc2cccc(Nc3cc(-c4cccc5c4oc4ccccc45)ncn3)c2)cc1. The number of amides is 1. The Hall–Kier alpha value is -5.01. The highest BCUT2D eigenvalue weighted by atomic mass is 16.3. The molecule has 0 aliphatic carbocycles. The highest BCUT2D eigenvalue weighted by molar-refractivity contribution is 6.09. The number of benzene rings is 4. The van der Waals surface area contributed by atoms with Crippen LogP contribution in [0.1, 0.15) is 15.9 Å². The van der Waals surface area contributed by atoms with Gasteiger partial charge in [0.1, 0.15) is 23.3 Å². The fourth-order valence-corrected chi connectivity index (χ4v) is 4.67. The fourth-order valence-electron chi connectivity index (χ4n) is 4.67. The number of para-hydroxylation sites is 2. The third-order valence-corrected chi connectivity index (χ3v) is 6.46. The van der Waals surface area contributed by atoms with Crippen molar-refractivity contribution in [2.75, 3.05) is 24.7 Å². The first kappa shape index (κ1) is 24.3. The molecule has 0 saturated carbocycles. The smallest absolute Gasteiger partial charge is 0.255 e. The van der Waals surface area contributed by atoms with E-state index in [1.807, 2.05) is 99.0 Å². The van der Waals surface area contributed by atoms with Crippen LogP contribution >= 0.6 is 0 Å². The minimum Gasteiger partial charge on any atom is -0.455 e. The number of fused-ring (bicyclic) bond motifs is 3. The molecule has 0 aliphatic heterocycles. The number of rotatable bonds is 7. The lowest BCUT2D eigenvalue weighted by Crippen LogP contribution is -2.13. The molecule has 0 saturated heterocycles. The largest absolute Gasteiger partial charge is 0.455 e. The van der Waals surface area contributed by atoms with Gasteiger partial charge in [-0.2, -0.15) is 0 Å². The average Bonchev–Trinajstić information content (AvgIpc) is 3.32. The Labute approximate surface area is 226 Å². The molecular formula is C32H27N5O2. The maximum atomic E-state index is 12.8. The van der Waals surface area contributed by atoms with Gasteiger partial charge in [-0.15, -0.1) is 0 Å². The Bertz CT molecular complexity index is 1790. The lowest BCUT2D eigenvalue weighted by molar-refractivity contribution is 0.102. The summed E-state index contributed by atoms with van der Waals surface area (Å²) < 4.78 is 6.19. The van der Waals surface area contributed by atoms with Crippen molar-refractivity contribution >= 4 is 45.0 Å². The number of nitrogens with zero attached hydrogens (tertiary/aromatic N) is 3. The Kier molecular flexibility index (Phi) is 6.49. The molecule has 0 aliphatic rings. The van der Waals surface area contributed by atoms with E-state index in [9.17, 15) is 4.79 Å². The van der Waals surface area contributed by atoms with Gasteiger partial charge in [-0.25, -0.2) is 9.97 Å². The topological polar surface area (TPSA) is 83.3 Å². The summed E-state index contributed by atoms with van der Waals surface area (Å²) in [4.78, 5) is 23.8. The van der Waals surface area contributed by atoms with Gasteiger partial charge < -0.3 is 20.0 Å². The van der Waals surface area contributed by atoms with E-state index in [2.05, 4.69) is 37.6 Å². The molecule has 0 radical (unpaired) electrons. The molecule has 7 heteroatoms. The molecule has 0 unspecified atom stereocenters. The van der Waals surface area contributed by atoms with Crippen molar-refractivity contribution in [1.82, 2.24) is 14.9 Å². The number of nitrogens with one attached hydrogen (secondary N) is 2. The number of hydrogen-bond acceptors (Lipinski definition) is 6. The predicted octanol–water partition coefficient (Wildman–Crippen LogP) is 7.10. The summed E-state index contributed by atoms with van der Waals surface area (Å²) in [6.07, 6.45) is 1.53. The summed E-state index contributed by atoms with van der Waals surface area (Å²) in [5, 5.41) is 8.43. The first-order chi connectivity index (χ1) is 19.0. The van der Waals surface area contributed by atoms with Gasteiger partial charge in [-0.1, -0.05) is 48.5 Å². The van der Waals surface area contributed by atoms with E-state index < -0.39 is 0 Å². The number of carbonyl (C=O) groups excluding carboxylic acids is 1. The molecule has 2 N–H and O–H groups in total.